The molecule has 0 radical (unpaired) electrons. The van der Waals surface area contributed by atoms with Gasteiger partial charge < -0.3 is 21.1 Å². The summed E-state index contributed by atoms with van der Waals surface area (Å²) in [6.07, 6.45) is 0. The molecule has 0 atom stereocenters. The van der Waals surface area contributed by atoms with Gasteiger partial charge in [-0.3, -0.25) is 9.59 Å². The van der Waals surface area contributed by atoms with Crippen LogP contribution >= 0.6 is 11.8 Å². The molecule has 1 aromatic heterocycles. The maximum Gasteiger partial charge on any atom is 0.255 e. The van der Waals surface area contributed by atoms with Gasteiger partial charge in [0.1, 0.15) is 5.75 Å². The average molecular weight is 398 g/mol. The van der Waals surface area contributed by atoms with Gasteiger partial charge in [-0.15, -0.1) is 5.10 Å². The largest absolute Gasteiger partial charge is 0.495 e. The zero-order valence-corrected chi connectivity index (χ0v) is 15.7. The first-order chi connectivity index (χ1) is 13.5. The summed E-state index contributed by atoms with van der Waals surface area (Å²) < 4.78 is 5.22. The lowest BCUT2D eigenvalue weighted by Crippen LogP contribution is -2.15. The molecule has 10 heteroatoms. The van der Waals surface area contributed by atoms with Crippen molar-refractivity contribution >= 4 is 40.9 Å². The number of methoxy groups -OCH3 is 1. The Morgan fingerprint density at radius 1 is 1.14 bits per heavy atom. The second-order valence-electron chi connectivity index (χ2n) is 5.57. The number of rotatable bonds is 7. The number of benzene rings is 2. The zero-order valence-electron chi connectivity index (χ0n) is 14.9. The number of nitrogens with zero attached hydrogens (tertiary/aromatic N) is 2. The number of aromatic nitrogens is 3. The van der Waals surface area contributed by atoms with Crippen LogP contribution in [0.15, 0.2) is 53.7 Å². The molecular weight excluding hydrogens is 380 g/mol. The molecule has 0 aliphatic carbocycles. The van der Waals surface area contributed by atoms with Gasteiger partial charge in [-0.25, -0.2) is 5.10 Å². The van der Waals surface area contributed by atoms with E-state index in [0.717, 1.165) is 11.8 Å². The van der Waals surface area contributed by atoms with Gasteiger partial charge in [0.25, 0.3) is 5.91 Å². The molecule has 3 aromatic rings. The van der Waals surface area contributed by atoms with Crippen LogP contribution in [-0.4, -0.2) is 39.9 Å². The topological polar surface area (TPSA) is 135 Å². The molecule has 0 bridgehead atoms. The van der Waals surface area contributed by atoms with E-state index in [1.54, 1.807) is 36.4 Å². The molecule has 0 unspecified atom stereocenters. The minimum Gasteiger partial charge on any atom is -0.495 e. The molecule has 0 aliphatic rings. The number of para-hydroxylation sites is 2. The van der Waals surface area contributed by atoms with E-state index in [9.17, 15) is 9.59 Å². The first-order valence-electron chi connectivity index (χ1n) is 8.20. The maximum absolute atomic E-state index is 12.4. The Morgan fingerprint density at radius 2 is 1.89 bits per heavy atom. The van der Waals surface area contributed by atoms with E-state index >= 15 is 0 Å². The van der Waals surface area contributed by atoms with Crippen molar-refractivity contribution in [3.05, 3.63) is 54.1 Å². The number of H-pyrrole nitrogens is 1. The van der Waals surface area contributed by atoms with Gasteiger partial charge in [-0.2, -0.15) is 4.98 Å². The highest BCUT2D eigenvalue weighted by molar-refractivity contribution is 7.99. The van der Waals surface area contributed by atoms with Gasteiger partial charge >= 0.3 is 0 Å². The third-order valence-corrected chi connectivity index (χ3v) is 4.45. The van der Waals surface area contributed by atoms with Gasteiger partial charge in [0, 0.05) is 11.3 Å². The molecule has 28 heavy (non-hydrogen) atoms. The van der Waals surface area contributed by atoms with E-state index in [1.807, 2.05) is 12.1 Å². The lowest BCUT2D eigenvalue weighted by molar-refractivity contribution is -0.113. The van der Waals surface area contributed by atoms with Crippen LogP contribution < -0.4 is 21.1 Å². The zero-order chi connectivity index (χ0) is 19.9. The molecule has 1 heterocycles. The quantitative estimate of drug-likeness (QED) is 0.449. The van der Waals surface area contributed by atoms with Crippen LogP contribution in [-0.2, 0) is 4.79 Å². The van der Waals surface area contributed by atoms with Gasteiger partial charge in [-0.1, -0.05) is 23.9 Å². The Labute approximate surface area is 165 Å². The summed E-state index contributed by atoms with van der Waals surface area (Å²) in [5.41, 5.74) is 7.04. The number of carbonyl (C=O) groups is 2. The lowest BCUT2D eigenvalue weighted by Gasteiger charge is -2.10. The molecule has 2 amide bonds. The Kier molecular flexibility index (Phi) is 6.12. The second kappa shape index (κ2) is 8.91. The van der Waals surface area contributed by atoms with Crippen molar-refractivity contribution in [2.75, 3.05) is 29.2 Å². The molecule has 0 saturated carbocycles. The molecule has 2 aromatic carbocycles. The minimum absolute atomic E-state index is 0.132. The highest BCUT2D eigenvalue weighted by atomic mass is 32.2. The summed E-state index contributed by atoms with van der Waals surface area (Å²) in [4.78, 5) is 28.3. The van der Waals surface area contributed by atoms with E-state index in [1.165, 1.54) is 7.11 Å². The smallest absolute Gasteiger partial charge is 0.255 e. The van der Waals surface area contributed by atoms with Crippen molar-refractivity contribution in [1.82, 2.24) is 15.2 Å². The summed E-state index contributed by atoms with van der Waals surface area (Å²) >= 11 is 1.16. The highest BCUT2D eigenvalue weighted by Crippen LogP contribution is 2.24. The van der Waals surface area contributed by atoms with Gasteiger partial charge in [0.15, 0.2) is 0 Å². The fourth-order valence-corrected chi connectivity index (χ4v) is 2.90. The second-order valence-corrected chi connectivity index (χ2v) is 6.51. The number of hydrogen-bond donors (Lipinski definition) is 4. The summed E-state index contributed by atoms with van der Waals surface area (Å²) in [5, 5.41) is 12.3. The molecule has 0 saturated heterocycles. The van der Waals surface area contributed by atoms with Crippen molar-refractivity contribution in [3.63, 3.8) is 0 Å². The van der Waals surface area contributed by atoms with Crippen molar-refractivity contribution in [2.24, 2.45) is 0 Å². The number of nitrogens with one attached hydrogen (secondary N) is 3. The third-order valence-electron chi connectivity index (χ3n) is 3.60. The van der Waals surface area contributed by atoms with E-state index < -0.39 is 0 Å². The number of anilines is 3. The summed E-state index contributed by atoms with van der Waals surface area (Å²) in [5.74, 6) is 0.405. The molecule has 0 spiro atoms. The van der Waals surface area contributed by atoms with Crippen molar-refractivity contribution in [1.29, 1.82) is 0 Å². The normalized spacial score (nSPS) is 10.3. The number of amides is 2. The van der Waals surface area contributed by atoms with Crippen molar-refractivity contribution in [3.8, 4) is 5.75 Å². The standard InChI is InChI=1S/C18H18N6O3S/c1-27-14-5-3-2-4-13(14)21-16(26)11-6-8-12(9-7-11)20-15(25)10-28-18-22-17(19)23-24-18/h2-9H,10H2,1H3,(H,20,25)(H,21,26)(H3,19,22,23,24). The number of ether oxygens (including phenoxy) is 1. The minimum atomic E-state index is -0.278. The van der Waals surface area contributed by atoms with E-state index in [0.29, 0.717) is 27.8 Å². The van der Waals surface area contributed by atoms with Gasteiger partial charge in [0.2, 0.25) is 17.0 Å². The molecule has 0 aliphatic heterocycles. The van der Waals surface area contributed by atoms with E-state index in [2.05, 4.69) is 25.8 Å². The first kappa shape index (κ1) is 19.2. The molecular formula is C18H18N6O3S. The monoisotopic (exact) mass is 398 g/mol. The van der Waals surface area contributed by atoms with Crippen LogP contribution in [0.5, 0.6) is 5.75 Å². The van der Waals surface area contributed by atoms with Crippen LogP contribution in [0.25, 0.3) is 0 Å². The molecule has 144 valence electrons. The third kappa shape index (κ3) is 5.01. The molecule has 5 N–H and O–H groups in total. The molecule has 0 fully saturated rings. The van der Waals surface area contributed by atoms with Crippen molar-refractivity contribution < 1.29 is 14.3 Å². The number of nitrogen functional groups attached to an aromatic ring is 1. The highest BCUT2D eigenvalue weighted by Gasteiger charge is 2.11. The Hall–Kier alpha value is -3.53. The van der Waals surface area contributed by atoms with Crippen LogP contribution in [0.4, 0.5) is 17.3 Å². The summed E-state index contributed by atoms with van der Waals surface area (Å²) in [6, 6.07) is 13.7. The van der Waals surface area contributed by atoms with Crippen molar-refractivity contribution in [2.45, 2.75) is 5.16 Å². The fraction of sp³-hybridized carbons (Fsp3) is 0.111. The number of hydrogen-bond acceptors (Lipinski definition) is 7. The predicted octanol–water partition coefficient (Wildman–Crippen LogP) is 2.38. The summed E-state index contributed by atoms with van der Waals surface area (Å²) in [6.45, 7) is 0. The van der Waals surface area contributed by atoms with Crippen LogP contribution in [0, 0.1) is 0 Å². The molecule has 3 rings (SSSR count). The number of thioether (sulfide) groups is 1. The van der Waals surface area contributed by atoms with Crippen LogP contribution in [0.2, 0.25) is 0 Å². The summed E-state index contributed by atoms with van der Waals surface area (Å²) in [7, 11) is 1.54. The van der Waals surface area contributed by atoms with Gasteiger partial charge in [-0.05, 0) is 36.4 Å². The van der Waals surface area contributed by atoms with E-state index in [4.69, 9.17) is 10.5 Å². The Morgan fingerprint density at radius 3 is 2.57 bits per heavy atom. The lowest BCUT2D eigenvalue weighted by atomic mass is 10.2. The Balaban J connectivity index is 1.55. The van der Waals surface area contributed by atoms with Crippen LogP contribution in [0.1, 0.15) is 10.4 Å². The van der Waals surface area contributed by atoms with Crippen LogP contribution in [0.3, 0.4) is 0 Å². The predicted molar refractivity (Wildman–Crippen MR) is 108 cm³/mol. The number of aromatic amines is 1. The first-order valence-corrected chi connectivity index (χ1v) is 9.18. The number of carbonyl (C=O) groups excluding carboxylic acids is 2. The molecule has 9 nitrogen and oxygen atoms in total. The fourth-order valence-electron chi connectivity index (χ4n) is 2.30. The van der Waals surface area contributed by atoms with E-state index in [-0.39, 0.29) is 23.5 Å². The van der Waals surface area contributed by atoms with Gasteiger partial charge in [0.05, 0.1) is 18.6 Å². The average Bonchev–Trinajstić information content (AvgIpc) is 3.12. The number of nitrogens with two attached hydrogens (primary N) is 1. The maximum atomic E-state index is 12.4. The Bertz CT molecular complexity index is 973. The SMILES string of the molecule is COc1ccccc1NC(=O)c1ccc(NC(=O)CSc2n[nH]c(N)n2)cc1.